The third-order valence-electron chi connectivity index (χ3n) is 4.89. The van der Waals surface area contributed by atoms with Gasteiger partial charge in [-0.3, -0.25) is 4.79 Å². The van der Waals surface area contributed by atoms with Crippen LogP contribution in [0.2, 0.25) is 0 Å². The predicted molar refractivity (Wildman–Crippen MR) is 95.9 cm³/mol. The predicted octanol–water partition coefficient (Wildman–Crippen LogP) is 3.86. The molecule has 0 aliphatic carbocycles. The average molecular weight is 342 g/mol. The lowest BCUT2D eigenvalue weighted by Crippen LogP contribution is -2.49. The van der Waals surface area contributed by atoms with Gasteiger partial charge in [-0.2, -0.15) is 0 Å². The van der Waals surface area contributed by atoms with Crippen molar-refractivity contribution in [1.29, 1.82) is 0 Å². The number of benzene rings is 1. The molecule has 1 aliphatic rings. The highest BCUT2D eigenvalue weighted by molar-refractivity contribution is 5.94. The van der Waals surface area contributed by atoms with Crippen molar-refractivity contribution in [2.24, 2.45) is 5.92 Å². The number of anilines is 2. The molecule has 1 aromatic heterocycles. The second kappa shape index (κ2) is 6.78. The Bertz CT molecular complexity index is 795. The van der Waals surface area contributed by atoms with Crippen LogP contribution in [0.4, 0.5) is 16.0 Å². The molecule has 3 atom stereocenters. The van der Waals surface area contributed by atoms with Crippen molar-refractivity contribution in [1.82, 2.24) is 9.97 Å². The van der Waals surface area contributed by atoms with Crippen LogP contribution < -0.4 is 10.2 Å². The van der Waals surface area contributed by atoms with Crippen LogP contribution in [-0.2, 0) is 4.79 Å². The topological polar surface area (TPSA) is 58.1 Å². The summed E-state index contributed by atoms with van der Waals surface area (Å²) in [6, 6.07) is 6.27. The van der Waals surface area contributed by atoms with Gasteiger partial charge in [0, 0.05) is 42.0 Å². The molecule has 0 spiro atoms. The molecular formula is C19H23FN4O. The molecule has 5 nitrogen and oxygen atoms in total. The Morgan fingerprint density at radius 1 is 1.36 bits per heavy atom. The number of rotatable bonds is 3. The van der Waals surface area contributed by atoms with E-state index >= 15 is 0 Å². The fraction of sp³-hybridized carbons (Fsp3) is 0.421. The van der Waals surface area contributed by atoms with Gasteiger partial charge >= 0.3 is 0 Å². The van der Waals surface area contributed by atoms with Gasteiger partial charge in [-0.25, -0.2) is 14.4 Å². The van der Waals surface area contributed by atoms with Crippen molar-refractivity contribution < 1.29 is 9.18 Å². The highest BCUT2D eigenvalue weighted by Crippen LogP contribution is 2.43. The van der Waals surface area contributed by atoms with E-state index in [9.17, 15) is 9.18 Å². The molecule has 6 heteroatoms. The number of amides is 1. The minimum Gasteiger partial charge on any atom is -0.347 e. The largest absolute Gasteiger partial charge is 0.347 e. The van der Waals surface area contributed by atoms with E-state index in [1.807, 2.05) is 13.0 Å². The molecule has 1 amide bonds. The summed E-state index contributed by atoms with van der Waals surface area (Å²) in [5.41, 5.74) is 2.37. The first kappa shape index (κ1) is 17.3. The Kier molecular flexibility index (Phi) is 4.70. The number of carbonyl (C=O) groups excluding carboxylic acids is 1. The molecule has 2 aromatic rings. The highest BCUT2D eigenvalue weighted by Gasteiger charge is 2.40. The quantitative estimate of drug-likeness (QED) is 0.920. The third kappa shape index (κ3) is 3.21. The van der Waals surface area contributed by atoms with E-state index < -0.39 is 0 Å². The summed E-state index contributed by atoms with van der Waals surface area (Å²) in [6.45, 7) is 7.59. The molecule has 132 valence electrons. The Balaban J connectivity index is 2.09. The van der Waals surface area contributed by atoms with Gasteiger partial charge in [-0.05, 0) is 37.6 Å². The molecule has 0 bridgehead atoms. The van der Waals surface area contributed by atoms with Crippen molar-refractivity contribution in [2.45, 2.75) is 46.2 Å². The summed E-state index contributed by atoms with van der Waals surface area (Å²) in [5, 5.41) is 3.35. The number of nitrogens with one attached hydrogen (secondary N) is 1. The molecule has 25 heavy (non-hydrogen) atoms. The van der Waals surface area contributed by atoms with E-state index in [1.54, 1.807) is 24.1 Å². The van der Waals surface area contributed by atoms with Crippen molar-refractivity contribution in [3.8, 4) is 0 Å². The number of hydrogen-bond donors (Lipinski definition) is 1. The Labute approximate surface area is 147 Å². The van der Waals surface area contributed by atoms with Gasteiger partial charge < -0.3 is 10.2 Å². The monoisotopic (exact) mass is 342 g/mol. The Hall–Kier alpha value is -2.50. The SMILES string of the molecule is CC[C@H]1[C@H](C)[C@@H](Nc2nccc(C)n2)c2cc(F)ccc2N1C(C)=O. The first-order valence-electron chi connectivity index (χ1n) is 8.57. The maximum atomic E-state index is 13.9. The lowest BCUT2D eigenvalue weighted by molar-refractivity contribution is -0.117. The van der Waals surface area contributed by atoms with Crippen LogP contribution in [0.3, 0.4) is 0 Å². The zero-order valence-corrected chi connectivity index (χ0v) is 15.0. The Morgan fingerprint density at radius 2 is 2.12 bits per heavy atom. The molecule has 1 aliphatic heterocycles. The zero-order valence-electron chi connectivity index (χ0n) is 15.0. The van der Waals surface area contributed by atoms with Gasteiger partial charge in [0.2, 0.25) is 11.9 Å². The van der Waals surface area contributed by atoms with Crippen molar-refractivity contribution in [2.75, 3.05) is 10.2 Å². The fourth-order valence-electron chi connectivity index (χ4n) is 3.74. The van der Waals surface area contributed by atoms with Gasteiger partial charge in [0.25, 0.3) is 0 Å². The molecule has 0 saturated carbocycles. The maximum absolute atomic E-state index is 13.9. The molecule has 3 rings (SSSR count). The summed E-state index contributed by atoms with van der Waals surface area (Å²) in [4.78, 5) is 22.7. The number of aromatic nitrogens is 2. The third-order valence-corrected chi connectivity index (χ3v) is 4.89. The van der Waals surface area contributed by atoms with E-state index in [-0.39, 0.29) is 29.7 Å². The van der Waals surface area contributed by atoms with Crippen LogP contribution in [0.15, 0.2) is 30.5 Å². The van der Waals surface area contributed by atoms with Gasteiger partial charge in [-0.1, -0.05) is 13.8 Å². The van der Waals surface area contributed by atoms with Crippen molar-refractivity contribution in [3.05, 3.63) is 47.5 Å². The first-order chi connectivity index (χ1) is 11.9. The molecule has 1 aromatic carbocycles. The van der Waals surface area contributed by atoms with Crippen LogP contribution in [0.5, 0.6) is 0 Å². The van der Waals surface area contributed by atoms with E-state index in [2.05, 4.69) is 29.1 Å². The number of fused-ring (bicyclic) bond motifs is 1. The number of halogens is 1. The lowest BCUT2D eigenvalue weighted by atomic mass is 9.81. The summed E-state index contributed by atoms with van der Waals surface area (Å²) < 4.78 is 13.9. The maximum Gasteiger partial charge on any atom is 0.224 e. The second-order valence-electron chi connectivity index (χ2n) is 6.57. The van der Waals surface area contributed by atoms with Crippen LogP contribution >= 0.6 is 0 Å². The van der Waals surface area contributed by atoms with Crippen LogP contribution in [0, 0.1) is 18.7 Å². The number of hydrogen-bond acceptors (Lipinski definition) is 4. The molecular weight excluding hydrogens is 319 g/mol. The normalized spacial score (nSPS) is 22.4. The molecule has 0 saturated heterocycles. The van der Waals surface area contributed by atoms with E-state index in [0.717, 1.165) is 23.4 Å². The second-order valence-corrected chi connectivity index (χ2v) is 6.57. The number of carbonyl (C=O) groups is 1. The van der Waals surface area contributed by atoms with Crippen molar-refractivity contribution in [3.63, 3.8) is 0 Å². The van der Waals surface area contributed by atoms with E-state index in [1.165, 1.54) is 12.1 Å². The average Bonchev–Trinajstić information content (AvgIpc) is 2.56. The standard InChI is InChI=1S/C19H23FN4O/c1-5-16-12(3)18(23-19-21-9-8-11(2)22-19)15-10-14(20)6-7-17(15)24(16)13(4)25/h6-10,12,16,18H,5H2,1-4H3,(H,21,22,23)/t12-,16-,18+/m0/s1. The minimum atomic E-state index is -0.318. The number of aryl methyl sites for hydroxylation is 1. The smallest absolute Gasteiger partial charge is 0.224 e. The van der Waals surface area contributed by atoms with Crippen molar-refractivity contribution >= 4 is 17.5 Å². The van der Waals surface area contributed by atoms with Crippen LogP contribution in [0.25, 0.3) is 0 Å². The fourth-order valence-corrected chi connectivity index (χ4v) is 3.74. The Morgan fingerprint density at radius 3 is 2.76 bits per heavy atom. The van der Waals surface area contributed by atoms with Gasteiger partial charge in [-0.15, -0.1) is 0 Å². The molecule has 0 radical (unpaired) electrons. The summed E-state index contributed by atoms with van der Waals surface area (Å²) in [6.07, 6.45) is 2.51. The van der Waals surface area contributed by atoms with Crippen LogP contribution in [-0.4, -0.2) is 21.9 Å². The van der Waals surface area contributed by atoms with E-state index in [0.29, 0.717) is 5.95 Å². The number of nitrogens with zero attached hydrogens (tertiary/aromatic N) is 3. The molecule has 0 fully saturated rings. The van der Waals surface area contributed by atoms with E-state index in [4.69, 9.17) is 0 Å². The summed E-state index contributed by atoms with van der Waals surface area (Å²) >= 11 is 0. The molecule has 1 N–H and O–H groups in total. The summed E-state index contributed by atoms with van der Waals surface area (Å²) in [5.74, 6) is 0.240. The van der Waals surface area contributed by atoms with Gasteiger partial charge in [0.1, 0.15) is 5.82 Å². The van der Waals surface area contributed by atoms with Gasteiger partial charge in [0.05, 0.1) is 6.04 Å². The van der Waals surface area contributed by atoms with Crippen LogP contribution in [0.1, 0.15) is 44.5 Å². The summed E-state index contributed by atoms with van der Waals surface area (Å²) in [7, 11) is 0. The zero-order chi connectivity index (χ0) is 18.1. The molecule has 0 unspecified atom stereocenters. The molecule has 2 heterocycles. The van der Waals surface area contributed by atoms with Gasteiger partial charge in [0.15, 0.2) is 0 Å². The minimum absolute atomic E-state index is 0.0257. The first-order valence-corrected chi connectivity index (χ1v) is 8.57. The lowest BCUT2D eigenvalue weighted by Gasteiger charge is -2.45. The highest BCUT2D eigenvalue weighted by atomic mass is 19.1.